The molecule has 3 fully saturated rings. The number of benzene rings is 1. The summed E-state index contributed by atoms with van der Waals surface area (Å²) >= 11 is 0. The van der Waals surface area contributed by atoms with E-state index in [4.69, 9.17) is 9.47 Å². The molecule has 0 aliphatic carbocycles. The van der Waals surface area contributed by atoms with Crippen molar-refractivity contribution in [3.8, 4) is 11.5 Å². The molecule has 0 saturated carbocycles. The molecule has 4 unspecified atom stereocenters. The summed E-state index contributed by atoms with van der Waals surface area (Å²) in [7, 11) is 0. The van der Waals surface area contributed by atoms with Crippen LogP contribution in [0.4, 0.5) is 0 Å². The summed E-state index contributed by atoms with van der Waals surface area (Å²) in [6, 6.07) is 6.29. The molecule has 4 heterocycles. The van der Waals surface area contributed by atoms with Crippen LogP contribution in [0.5, 0.6) is 11.5 Å². The van der Waals surface area contributed by atoms with Crippen molar-refractivity contribution >= 4 is 5.91 Å². The van der Waals surface area contributed by atoms with Crippen molar-refractivity contribution in [2.75, 3.05) is 19.9 Å². The summed E-state index contributed by atoms with van der Waals surface area (Å²) in [4.78, 5) is 14.9. The molecule has 4 atom stereocenters. The molecule has 2 bridgehead atoms. The number of piperidine rings is 3. The fourth-order valence-corrected chi connectivity index (χ4v) is 3.75. The van der Waals surface area contributed by atoms with Crippen molar-refractivity contribution in [1.29, 1.82) is 0 Å². The van der Waals surface area contributed by atoms with E-state index in [1.54, 1.807) is 18.2 Å². The van der Waals surface area contributed by atoms with Gasteiger partial charge in [-0.1, -0.05) is 0 Å². The van der Waals surface area contributed by atoms with Crippen LogP contribution in [0.2, 0.25) is 0 Å². The van der Waals surface area contributed by atoms with Crippen LogP contribution >= 0.6 is 0 Å². The Bertz CT molecular complexity index is 575. The first-order valence-corrected chi connectivity index (χ1v) is 7.65. The number of carbonyl (C=O) groups excluding carboxylic acids is 1. The summed E-state index contributed by atoms with van der Waals surface area (Å²) in [5.74, 6) is 1.97. The van der Waals surface area contributed by atoms with Gasteiger partial charge in [0.2, 0.25) is 6.79 Å². The van der Waals surface area contributed by atoms with Crippen LogP contribution in [0, 0.1) is 5.92 Å². The summed E-state index contributed by atoms with van der Waals surface area (Å²) in [5.41, 5.74) is 0.642. The van der Waals surface area contributed by atoms with E-state index in [0.29, 0.717) is 29.0 Å². The van der Waals surface area contributed by atoms with Crippen molar-refractivity contribution in [1.82, 2.24) is 10.2 Å². The normalized spacial score (nSPS) is 33.0. The van der Waals surface area contributed by atoms with Gasteiger partial charge in [-0.15, -0.1) is 0 Å². The fraction of sp³-hybridized carbons (Fsp3) is 0.562. The Labute approximate surface area is 124 Å². The van der Waals surface area contributed by atoms with Crippen LogP contribution in [0.15, 0.2) is 18.2 Å². The first kappa shape index (κ1) is 13.0. The summed E-state index contributed by atoms with van der Waals surface area (Å²) in [6.07, 6.45) is 2.38. The van der Waals surface area contributed by atoms with Gasteiger partial charge in [-0.25, -0.2) is 0 Å². The number of carbonyl (C=O) groups is 1. The second-order valence-electron chi connectivity index (χ2n) is 6.28. The summed E-state index contributed by atoms with van der Waals surface area (Å²) < 4.78 is 10.6. The highest BCUT2D eigenvalue weighted by Crippen LogP contribution is 2.34. The lowest BCUT2D eigenvalue weighted by molar-refractivity contribution is 0.0274. The van der Waals surface area contributed by atoms with Gasteiger partial charge in [-0.05, 0) is 50.4 Å². The number of amides is 1. The fourth-order valence-electron chi connectivity index (χ4n) is 3.75. The third-order valence-corrected chi connectivity index (χ3v) is 5.01. The molecule has 5 heteroatoms. The highest BCUT2D eigenvalue weighted by molar-refractivity contribution is 5.95. The van der Waals surface area contributed by atoms with Crippen molar-refractivity contribution in [3.05, 3.63) is 23.8 Å². The number of nitrogens with one attached hydrogen (secondary N) is 1. The van der Waals surface area contributed by atoms with E-state index in [2.05, 4.69) is 17.1 Å². The van der Waals surface area contributed by atoms with Gasteiger partial charge in [0.15, 0.2) is 11.5 Å². The highest BCUT2D eigenvalue weighted by atomic mass is 16.7. The molecule has 3 saturated heterocycles. The monoisotopic (exact) mass is 288 g/mol. The Hall–Kier alpha value is -1.75. The van der Waals surface area contributed by atoms with Gasteiger partial charge in [0, 0.05) is 24.2 Å². The number of hydrogen-bond donors (Lipinski definition) is 1. The van der Waals surface area contributed by atoms with Gasteiger partial charge in [0.1, 0.15) is 0 Å². The molecule has 5 rings (SSSR count). The molecule has 1 aromatic carbocycles. The topological polar surface area (TPSA) is 50.8 Å². The number of rotatable bonds is 2. The molecule has 4 aliphatic heterocycles. The summed E-state index contributed by atoms with van der Waals surface area (Å²) in [6.45, 7) is 4.66. The van der Waals surface area contributed by atoms with Crippen molar-refractivity contribution in [3.63, 3.8) is 0 Å². The average Bonchev–Trinajstić information content (AvgIpc) is 2.96. The molecule has 5 nitrogen and oxygen atoms in total. The van der Waals surface area contributed by atoms with Crippen molar-refractivity contribution in [2.45, 2.75) is 31.8 Å². The molecule has 0 spiro atoms. The maximum atomic E-state index is 12.4. The zero-order valence-corrected chi connectivity index (χ0v) is 12.2. The van der Waals surface area contributed by atoms with Crippen LogP contribution in [-0.2, 0) is 0 Å². The quantitative estimate of drug-likeness (QED) is 0.898. The molecule has 0 aromatic heterocycles. The van der Waals surface area contributed by atoms with Gasteiger partial charge in [-0.2, -0.15) is 0 Å². The first-order chi connectivity index (χ1) is 10.2. The second-order valence-corrected chi connectivity index (χ2v) is 6.28. The predicted molar refractivity (Wildman–Crippen MR) is 77.6 cm³/mol. The minimum atomic E-state index is -0.0142. The first-order valence-electron chi connectivity index (χ1n) is 7.65. The summed E-state index contributed by atoms with van der Waals surface area (Å²) in [5, 5.41) is 3.20. The third-order valence-electron chi connectivity index (χ3n) is 5.01. The molecule has 1 amide bonds. The van der Waals surface area contributed by atoms with Crippen LogP contribution in [-0.4, -0.2) is 42.8 Å². The molecule has 112 valence electrons. The second kappa shape index (κ2) is 4.91. The SMILES string of the molecule is CC1CC2CCN1CC2NC(=O)c1ccc2c(c1)OCO2. The zero-order valence-electron chi connectivity index (χ0n) is 12.2. The Morgan fingerprint density at radius 3 is 2.95 bits per heavy atom. The third kappa shape index (κ3) is 2.25. The maximum absolute atomic E-state index is 12.4. The van der Waals surface area contributed by atoms with Crippen LogP contribution in [0.1, 0.15) is 30.1 Å². The Morgan fingerprint density at radius 2 is 2.19 bits per heavy atom. The number of nitrogens with zero attached hydrogens (tertiary/aromatic N) is 1. The van der Waals surface area contributed by atoms with E-state index in [9.17, 15) is 4.79 Å². The zero-order chi connectivity index (χ0) is 14.4. The molecular weight excluding hydrogens is 268 g/mol. The maximum Gasteiger partial charge on any atom is 0.251 e. The van der Waals surface area contributed by atoms with E-state index in [1.807, 2.05) is 0 Å². The van der Waals surface area contributed by atoms with Gasteiger partial charge >= 0.3 is 0 Å². The molecule has 4 aliphatic rings. The van der Waals surface area contributed by atoms with Crippen molar-refractivity contribution < 1.29 is 14.3 Å². The van der Waals surface area contributed by atoms with Crippen LogP contribution in [0.3, 0.4) is 0 Å². The average molecular weight is 288 g/mol. The number of fused-ring (bicyclic) bond motifs is 4. The minimum absolute atomic E-state index is 0.0142. The van der Waals surface area contributed by atoms with Crippen LogP contribution < -0.4 is 14.8 Å². The van der Waals surface area contributed by atoms with Crippen molar-refractivity contribution in [2.24, 2.45) is 5.92 Å². The molecule has 1 aromatic rings. The van der Waals surface area contributed by atoms with E-state index in [1.165, 1.54) is 19.4 Å². The largest absolute Gasteiger partial charge is 0.454 e. The lowest BCUT2D eigenvalue weighted by Crippen LogP contribution is -2.60. The molecule has 0 radical (unpaired) electrons. The van der Waals surface area contributed by atoms with E-state index < -0.39 is 0 Å². The van der Waals surface area contributed by atoms with Gasteiger partial charge in [0.25, 0.3) is 5.91 Å². The van der Waals surface area contributed by atoms with E-state index in [0.717, 1.165) is 6.54 Å². The predicted octanol–water partition coefficient (Wildman–Crippen LogP) is 1.63. The van der Waals surface area contributed by atoms with Crippen LogP contribution in [0.25, 0.3) is 0 Å². The van der Waals surface area contributed by atoms with Gasteiger partial charge in [0.05, 0.1) is 0 Å². The standard InChI is InChI=1S/C16H20N2O3/c1-10-6-11-4-5-18(10)8-13(11)17-16(19)12-2-3-14-15(7-12)21-9-20-14/h2-3,7,10-11,13H,4-6,8-9H2,1H3,(H,17,19). The molecular formula is C16H20N2O3. The number of hydrogen-bond acceptors (Lipinski definition) is 4. The van der Waals surface area contributed by atoms with E-state index in [-0.39, 0.29) is 18.7 Å². The molecule has 1 N–H and O–H groups in total. The van der Waals surface area contributed by atoms with Gasteiger partial charge < -0.3 is 14.8 Å². The number of ether oxygens (including phenoxy) is 2. The Balaban J connectivity index is 1.46. The smallest absolute Gasteiger partial charge is 0.251 e. The highest BCUT2D eigenvalue weighted by Gasteiger charge is 2.38. The minimum Gasteiger partial charge on any atom is -0.454 e. The lowest BCUT2D eigenvalue weighted by atomic mass is 9.80. The Morgan fingerprint density at radius 1 is 1.33 bits per heavy atom. The van der Waals surface area contributed by atoms with E-state index >= 15 is 0 Å². The Kier molecular flexibility index (Phi) is 3.03. The molecule has 21 heavy (non-hydrogen) atoms. The van der Waals surface area contributed by atoms with Gasteiger partial charge in [-0.3, -0.25) is 9.69 Å². The lowest BCUT2D eigenvalue weighted by Gasteiger charge is -2.48.